The first-order valence-corrected chi connectivity index (χ1v) is 10.6. The van der Waals surface area contributed by atoms with Crippen molar-refractivity contribution in [3.63, 3.8) is 0 Å². The molecule has 0 unspecified atom stereocenters. The summed E-state index contributed by atoms with van der Waals surface area (Å²) in [4.78, 5) is 0. The van der Waals surface area contributed by atoms with Crippen molar-refractivity contribution in [3.8, 4) is 17.2 Å². The third-order valence-electron chi connectivity index (χ3n) is 4.94. The number of ether oxygens (including phenoxy) is 3. The molecule has 0 bridgehead atoms. The summed E-state index contributed by atoms with van der Waals surface area (Å²) in [6.07, 6.45) is 0. The molecule has 0 aliphatic carbocycles. The number of hydrogen-bond donors (Lipinski definition) is 1. The molecule has 0 atom stereocenters. The summed E-state index contributed by atoms with van der Waals surface area (Å²) in [6, 6.07) is 33.4. The molecule has 4 rings (SSSR count). The van der Waals surface area contributed by atoms with Crippen molar-refractivity contribution in [1.29, 1.82) is 0 Å². The molecule has 0 aliphatic rings. The molecule has 0 aromatic heterocycles. The van der Waals surface area contributed by atoms with Gasteiger partial charge in [0.25, 0.3) is 0 Å². The van der Waals surface area contributed by atoms with Crippen molar-refractivity contribution in [2.24, 2.45) is 0 Å². The van der Waals surface area contributed by atoms with Crippen LogP contribution in [0.4, 0.5) is 0 Å². The largest absolute Gasteiger partial charge is 0.489 e. The van der Waals surface area contributed by atoms with E-state index in [1.54, 1.807) is 0 Å². The van der Waals surface area contributed by atoms with Gasteiger partial charge in [-0.15, -0.1) is 0 Å². The predicted molar refractivity (Wildman–Crippen MR) is 125 cm³/mol. The van der Waals surface area contributed by atoms with Crippen LogP contribution in [-0.2, 0) is 26.4 Å². The molecule has 4 aromatic carbocycles. The number of rotatable bonds is 10. The van der Waals surface area contributed by atoms with E-state index in [2.05, 4.69) is 0 Å². The van der Waals surface area contributed by atoms with Crippen molar-refractivity contribution in [2.75, 3.05) is 0 Å². The second-order valence-electron chi connectivity index (χ2n) is 7.45. The van der Waals surface area contributed by atoms with Gasteiger partial charge >= 0.3 is 0 Å². The van der Waals surface area contributed by atoms with Gasteiger partial charge in [-0.25, -0.2) is 0 Å². The fourth-order valence-electron chi connectivity index (χ4n) is 3.26. The van der Waals surface area contributed by atoms with E-state index in [-0.39, 0.29) is 6.61 Å². The third-order valence-corrected chi connectivity index (χ3v) is 4.94. The standard InChI is InChI=1S/C28H26O4/c29-18-23-9-4-12-26(15-23)31-20-25-11-6-14-28(17-25)32-21-24-10-5-13-27(16-24)30-19-22-7-2-1-3-8-22/h1-17,29H,18-21H2. The Kier molecular flexibility index (Phi) is 7.40. The van der Waals surface area contributed by atoms with Gasteiger partial charge in [-0.1, -0.05) is 66.7 Å². The summed E-state index contributed by atoms with van der Waals surface area (Å²) in [6.45, 7) is 1.41. The van der Waals surface area contributed by atoms with E-state index >= 15 is 0 Å². The van der Waals surface area contributed by atoms with Crippen molar-refractivity contribution in [2.45, 2.75) is 26.4 Å². The van der Waals surface area contributed by atoms with Gasteiger partial charge in [-0.05, 0) is 58.7 Å². The average molecular weight is 427 g/mol. The van der Waals surface area contributed by atoms with Crippen LogP contribution in [0, 0.1) is 0 Å². The zero-order chi connectivity index (χ0) is 22.0. The van der Waals surface area contributed by atoms with Crippen molar-refractivity contribution in [3.05, 3.63) is 125 Å². The first kappa shape index (κ1) is 21.5. The fraction of sp³-hybridized carbons (Fsp3) is 0.143. The number of benzene rings is 4. The minimum Gasteiger partial charge on any atom is -0.489 e. The molecule has 4 nitrogen and oxygen atoms in total. The van der Waals surface area contributed by atoms with Crippen LogP contribution in [0.3, 0.4) is 0 Å². The summed E-state index contributed by atoms with van der Waals surface area (Å²) in [5, 5.41) is 9.26. The molecule has 0 saturated carbocycles. The molecule has 0 fully saturated rings. The topological polar surface area (TPSA) is 47.9 Å². The van der Waals surface area contributed by atoms with Crippen LogP contribution in [0.1, 0.15) is 22.3 Å². The molecule has 0 radical (unpaired) electrons. The third kappa shape index (κ3) is 6.37. The van der Waals surface area contributed by atoms with Crippen LogP contribution < -0.4 is 14.2 Å². The van der Waals surface area contributed by atoms with Gasteiger partial charge in [-0.3, -0.25) is 0 Å². The fourth-order valence-corrected chi connectivity index (χ4v) is 3.26. The Hall–Kier alpha value is -3.76. The van der Waals surface area contributed by atoms with Crippen LogP contribution in [0.2, 0.25) is 0 Å². The molecule has 162 valence electrons. The van der Waals surface area contributed by atoms with Crippen LogP contribution in [0.25, 0.3) is 0 Å². The van der Waals surface area contributed by atoms with Crippen LogP contribution >= 0.6 is 0 Å². The van der Waals surface area contributed by atoms with E-state index < -0.39 is 0 Å². The number of aliphatic hydroxyl groups is 1. The molecule has 0 saturated heterocycles. The van der Waals surface area contributed by atoms with Gasteiger partial charge in [-0.2, -0.15) is 0 Å². The van der Waals surface area contributed by atoms with E-state index in [1.807, 2.05) is 103 Å². The molecular formula is C28H26O4. The Morgan fingerprint density at radius 3 is 1.34 bits per heavy atom. The maximum absolute atomic E-state index is 9.26. The highest BCUT2D eigenvalue weighted by Gasteiger charge is 2.03. The molecule has 32 heavy (non-hydrogen) atoms. The maximum atomic E-state index is 9.26. The quantitative estimate of drug-likeness (QED) is 0.342. The number of hydrogen-bond acceptors (Lipinski definition) is 4. The second kappa shape index (κ2) is 11.0. The smallest absolute Gasteiger partial charge is 0.120 e. The molecule has 0 amide bonds. The highest BCUT2D eigenvalue weighted by atomic mass is 16.5. The van der Waals surface area contributed by atoms with E-state index in [0.29, 0.717) is 19.8 Å². The minimum absolute atomic E-state index is 0.000972. The highest BCUT2D eigenvalue weighted by molar-refractivity contribution is 5.32. The zero-order valence-corrected chi connectivity index (χ0v) is 17.8. The monoisotopic (exact) mass is 426 g/mol. The molecule has 4 heteroatoms. The Morgan fingerprint density at radius 2 is 0.844 bits per heavy atom. The van der Waals surface area contributed by atoms with Crippen LogP contribution in [0.5, 0.6) is 17.2 Å². The summed E-state index contributed by atoms with van der Waals surface area (Å²) in [5.74, 6) is 2.34. The molecule has 4 aromatic rings. The summed E-state index contributed by atoms with van der Waals surface area (Å²) >= 11 is 0. The SMILES string of the molecule is OCc1cccc(OCc2cccc(OCc3cccc(OCc4ccccc4)c3)c2)c1. The molecule has 0 aliphatic heterocycles. The summed E-state index contributed by atoms with van der Waals surface area (Å²) in [5.41, 5.74) is 4.01. The van der Waals surface area contributed by atoms with Crippen molar-refractivity contribution < 1.29 is 19.3 Å². The van der Waals surface area contributed by atoms with Crippen LogP contribution in [-0.4, -0.2) is 5.11 Å². The molecule has 0 heterocycles. The average Bonchev–Trinajstić information content (AvgIpc) is 2.86. The van der Waals surface area contributed by atoms with Gasteiger partial charge in [0.2, 0.25) is 0 Å². The Labute approximate surface area is 188 Å². The first-order chi connectivity index (χ1) is 15.8. The maximum Gasteiger partial charge on any atom is 0.120 e. The number of aliphatic hydroxyl groups excluding tert-OH is 1. The highest BCUT2D eigenvalue weighted by Crippen LogP contribution is 2.20. The van der Waals surface area contributed by atoms with Crippen LogP contribution in [0.15, 0.2) is 103 Å². The lowest BCUT2D eigenvalue weighted by Gasteiger charge is -2.11. The predicted octanol–water partition coefficient (Wildman–Crippen LogP) is 5.92. The van der Waals surface area contributed by atoms with E-state index in [9.17, 15) is 5.11 Å². The normalized spacial score (nSPS) is 10.5. The lowest BCUT2D eigenvalue weighted by Crippen LogP contribution is -2.00. The molecular weight excluding hydrogens is 400 g/mol. The Morgan fingerprint density at radius 1 is 0.438 bits per heavy atom. The lowest BCUT2D eigenvalue weighted by molar-refractivity contribution is 0.277. The van der Waals surface area contributed by atoms with E-state index in [4.69, 9.17) is 14.2 Å². The summed E-state index contributed by atoms with van der Waals surface area (Å²) < 4.78 is 17.7. The first-order valence-electron chi connectivity index (χ1n) is 10.6. The Balaban J connectivity index is 1.31. The second-order valence-corrected chi connectivity index (χ2v) is 7.45. The zero-order valence-electron chi connectivity index (χ0n) is 17.8. The van der Waals surface area contributed by atoms with E-state index in [1.165, 1.54) is 0 Å². The van der Waals surface area contributed by atoms with Gasteiger partial charge in [0.1, 0.15) is 37.1 Å². The van der Waals surface area contributed by atoms with Gasteiger partial charge < -0.3 is 19.3 Å². The molecule has 0 spiro atoms. The Bertz CT molecular complexity index is 1120. The van der Waals surface area contributed by atoms with Crippen molar-refractivity contribution in [1.82, 2.24) is 0 Å². The molecule has 1 N–H and O–H groups in total. The lowest BCUT2D eigenvalue weighted by atomic mass is 10.2. The minimum atomic E-state index is -0.000972. The van der Waals surface area contributed by atoms with Gasteiger partial charge in [0, 0.05) is 0 Å². The summed E-state index contributed by atoms with van der Waals surface area (Å²) in [7, 11) is 0. The van der Waals surface area contributed by atoms with E-state index in [0.717, 1.165) is 39.5 Å². The van der Waals surface area contributed by atoms with Crippen molar-refractivity contribution >= 4 is 0 Å². The van der Waals surface area contributed by atoms with Gasteiger partial charge in [0.05, 0.1) is 6.61 Å². The van der Waals surface area contributed by atoms with Gasteiger partial charge in [0.15, 0.2) is 0 Å².